The highest BCUT2D eigenvalue weighted by Gasteiger charge is 2.16. The van der Waals surface area contributed by atoms with Gasteiger partial charge in [-0.05, 0) is 23.8 Å². The van der Waals surface area contributed by atoms with Crippen molar-refractivity contribution in [3.63, 3.8) is 0 Å². The molecule has 104 valence electrons. The number of rotatable bonds is 5. The molecule has 2 N–H and O–H groups in total. The standard InChI is InChI=1S/C12H11Cl2F2NO2/c13-8-3-1-7(5-9(8)14)2-4-11(19)17-6-10(18)12(15)16/h1-5,10,12,18H,6H2,(H,17,19)/b4-2+. The summed E-state index contributed by atoms with van der Waals surface area (Å²) in [6, 6.07) is 4.77. The maximum Gasteiger partial charge on any atom is 0.265 e. The molecule has 0 radical (unpaired) electrons. The molecule has 0 heterocycles. The van der Waals surface area contributed by atoms with Crippen molar-refractivity contribution in [1.29, 1.82) is 0 Å². The highest BCUT2D eigenvalue weighted by Crippen LogP contribution is 2.22. The SMILES string of the molecule is O=C(/C=C/c1ccc(Cl)c(Cl)c1)NCC(O)C(F)F. The first kappa shape index (κ1) is 15.9. The van der Waals surface area contributed by atoms with Gasteiger partial charge in [0.15, 0.2) is 0 Å². The van der Waals surface area contributed by atoms with Crippen molar-refractivity contribution in [1.82, 2.24) is 5.32 Å². The van der Waals surface area contributed by atoms with Crippen molar-refractivity contribution >= 4 is 35.2 Å². The summed E-state index contributed by atoms with van der Waals surface area (Å²) in [7, 11) is 0. The van der Waals surface area contributed by atoms with E-state index in [-0.39, 0.29) is 0 Å². The van der Waals surface area contributed by atoms with Gasteiger partial charge in [-0.15, -0.1) is 0 Å². The Hall–Kier alpha value is -1.17. The first-order valence-electron chi connectivity index (χ1n) is 5.27. The number of benzene rings is 1. The maximum atomic E-state index is 12.0. The van der Waals surface area contributed by atoms with Crippen molar-refractivity contribution in [2.75, 3.05) is 6.54 Å². The number of aliphatic hydroxyl groups is 1. The lowest BCUT2D eigenvalue weighted by Gasteiger charge is -2.08. The largest absolute Gasteiger partial charge is 0.385 e. The molecule has 0 saturated carbocycles. The van der Waals surface area contributed by atoms with Gasteiger partial charge >= 0.3 is 0 Å². The van der Waals surface area contributed by atoms with Crippen molar-refractivity contribution in [3.8, 4) is 0 Å². The smallest absolute Gasteiger partial charge is 0.265 e. The van der Waals surface area contributed by atoms with Crippen LogP contribution in [0.25, 0.3) is 6.08 Å². The predicted octanol–water partition coefficient (Wildman–Crippen LogP) is 2.75. The Morgan fingerprint density at radius 1 is 1.37 bits per heavy atom. The molecule has 1 atom stereocenters. The van der Waals surface area contributed by atoms with E-state index in [1.54, 1.807) is 18.2 Å². The molecule has 1 rings (SSSR count). The lowest BCUT2D eigenvalue weighted by molar-refractivity contribution is -0.117. The summed E-state index contributed by atoms with van der Waals surface area (Å²) in [5.74, 6) is -0.592. The van der Waals surface area contributed by atoms with E-state index in [1.807, 2.05) is 0 Å². The van der Waals surface area contributed by atoms with Crippen LogP contribution in [0.4, 0.5) is 8.78 Å². The fraction of sp³-hybridized carbons (Fsp3) is 0.250. The second-order valence-electron chi connectivity index (χ2n) is 3.65. The quantitative estimate of drug-likeness (QED) is 0.822. The summed E-state index contributed by atoms with van der Waals surface area (Å²) in [5, 5.41) is 11.7. The normalized spacial score (nSPS) is 12.9. The molecule has 19 heavy (non-hydrogen) atoms. The van der Waals surface area contributed by atoms with Gasteiger partial charge < -0.3 is 10.4 Å². The van der Waals surface area contributed by atoms with Crippen molar-refractivity contribution in [2.45, 2.75) is 12.5 Å². The molecule has 0 saturated heterocycles. The van der Waals surface area contributed by atoms with Gasteiger partial charge in [-0.2, -0.15) is 0 Å². The molecular formula is C12H11Cl2F2NO2. The molecule has 0 aliphatic heterocycles. The van der Waals surface area contributed by atoms with E-state index < -0.39 is 25.0 Å². The Bertz CT molecular complexity index is 481. The average molecular weight is 310 g/mol. The summed E-state index contributed by atoms with van der Waals surface area (Å²) in [5.41, 5.74) is 0.638. The van der Waals surface area contributed by atoms with Gasteiger partial charge in [0.25, 0.3) is 6.43 Å². The molecule has 1 amide bonds. The number of nitrogens with one attached hydrogen (secondary N) is 1. The minimum atomic E-state index is -2.89. The van der Waals surface area contributed by atoms with E-state index in [4.69, 9.17) is 28.3 Å². The second-order valence-corrected chi connectivity index (χ2v) is 4.47. The van der Waals surface area contributed by atoms with Gasteiger partial charge in [-0.1, -0.05) is 29.3 Å². The number of alkyl halides is 2. The number of hydrogen-bond acceptors (Lipinski definition) is 2. The van der Waals surface area contributed by atoms with Crippen LogP contribution in [0.3, 0.4) is 0 Å². The Kier molecular flexibility index (Phi) is 6.21. The highest BCUT2D eigenvalue weighted by atomic mass is 35.5. The van der Waals surface area contributed by atoms with E-state index in [1.165, 1.54) is 6.08 Å². The number of halogens is 4. The zero-order chi connectivity index (χ0) is 14.4. The lowest BCUT2D eigenvalue weighted by Crippen LogP contribution is -2.34. The first-order valence-corrected chi connectivity index (χ1v) is 6.03. The molecular weight excluding hydrogens is 299 g/mol. The summed E-state index contributed by atoms with van der Waals surface area (Å²) in [6.07, 6.45) is -2.16. The fourth-order valence-corrected chi connectivity index (χ4v) is 1.45. The molecule has 1 aromatic carbocycles. The summed E-state index contributed by atoms with van der Waals surface area (Å²) >= 11 is 11.5. The van der Waals surface area contributed by atoms with Crippen LogP contribution in [-0.2, 0) is 4.79 Å². The van der Waals surface area contributed by atoms with E-state index in [0.29, 0.717) is 15.6 Å². The number of hydrogen-bond donors (Lipinski definition) is 2. The monoisotopic (exact) mass is 309 g/mol. The number of aliphatic hydroxyl groups excluding tert-OH is 1. The number of carbonyl (C=O) groups excluding carboxylic acids is 1. The van der Waals surface area contributed by atoms with Gasteiger partial charge in [-0.3, -0.25) is 4.79 Å². The molecule has 3 nitrogen and oxygen atoms in total. The predicted molar refractivity (Wildman–Crippen MR) is 70.5 cm³/mol. The van der Waals surface area contributed by atoms with Crippen LogP contribution in [0.2, 0.25) is 10.0 Å². The third-order valence-electron chi connectivity index (χ3n) is 2.15. The van der Waals surface area contributed by atoms with Gasteiger partial charge in [0.05, 0.1) is 10.0 Å². The van der Waals surface area contributed by atoms with Crippen LogP contribution in [0, 0.1) is 0 Å². The minimum Gasteiger partial charge on any atom is -0.385 e. The third kappa shape index (κ3) is 5.55. The highest BCUT2D eigenvalue weighted by molar-refractivity contribution is 6.42. The third-order valence-corrected chi connectivity index (χ3v) is 2.89. The van der Waals surface area contributed by atoms with Crippen molar-refractivity contribution in [2.24, 2.45) is 0 Å². The zero-order valence-electron chi connectivity index (χ0n) is 9.62. The van der Waals surface area contributed by atoms with Crippen LogP contribution >= 0.6 is 23.2 Å². The molecule has 1 aromatic rings. The van der Waals surface area contributed by atoms with E-state index in [0.717, 1.165) is 6.08 Å². The van der Waals surface area contributed by atoms with E-state index in [2.05, 4.69) is 5.32 Å². The van der Waals surface area contributed by atoms with E-state index in [9.17, 15) is 13.6 Å². The summed E-state index contributed by atoms with van der Waals surface area (Å²) in [6.45, 7) is -0.512. The Morgan fingerprint density at radius 3 is 2.63 bits per heavy atom. The first-order chi connectivity index (χ1) is 8.90. The van der Waals surface area contributed by atoms with E-state index >= 15 is 0 Å². The Morgan fingerprint density at radius 2 is 2.05 bits per heavy atom. The van der Waals surface area contributed by atoms with Crippen molar-refractivity contribution in [3.05, 3.63) is 39.9 Å². The van der Waals surface area contributed by atoms with Crippen LogP contribution in [0.1, 0.15) is 5.56 Å². The molecule has 7 heteroatoms. The van der Waals surface area contributed by atoms with Crippen LogP contribution in [0.15, 0.2) is 24.3 Å². The maximum absolute atomic E-state index is 12.0. The van der Waals surface area contributed by atoms with Crippen LogP contribution < -0.4 is 5.32 Å². The molecule has 1 unspecified atom stereocenters. The number of carbonyl (C=O) groups is 1. The topological polar surface area (TPSA) is 49.3 Å². The summed E-state index contributed by atoms with van der Waals surface area (Å²) in [4.78, 5) is 11.3. The Balaban J connectivity index is 2.52. The van der Waals surface area contributed by atoms with Gasteiger partial charge in [0.1, 0.15) is 6.10 Å². The molecule has 0 aliphatic rings. The molecule has 0 aliphatic carbocycles. The van der Waals surface area contributed by atoms with Gasteiger partial charge in [0.2, 0.25) is 5.91 Å². The average Bonchev–Trinajstić information content (AvgIpc) is 2.37. The Labute approximate surface area is 118 Å². The zero-order valence-corrected chi connectivity index (χ0v) is 11.1. The molecule has 0 spiro atoms. The van der Waals surface area contributed by atoms with Gasteiger partial charge in [0, 0.05) is 12.6 Å². The molecule has 0 bridgehead atoms. The van der Waals surface area contributed by atoms with Crippen LogP contribution in [-0.4, -0.2) is 30.1 Å². The van der Waals surface area contributed by atoms with Crippen molar-refractivity contribution < 1.29 is 18.7 Å². The van der Waals surface area contributed by atoms with Crippen LogP contribution in [0.5, 0.6) is 0 Å². The number of amides is 1. The molecule has 0 aromatic heterocycles. The lowest BCUT2D eigenvalue weighted by atomic mass is 10.2. The van der Waals surface area contributed by atoms with Gasteiger partial charge in [-0.25, -0.2) is 8.78 Å². The fourth-order valence-electron chi connectivity index (χ4n) is 1.14. The molecule has 0 fully saturated rings. The summed E-state index contributed by atoms with van der Waals surface area (Å²) < 4.78 is 23.9. The minimum absolute atomic E-state index is 0.345. The second kappa shape index (κ2) is 7.43.